The molecule has 0 radical (unpaired) electrons. The van der Waals surface area contributed by atoms with Crippen LogP contribution in [-0.2, 0) is 4.74 Å². The molecule has 5 heterocycles. The van der Waals surface area contributed by atoms with Crippen molar-refractivity contribution in [2.75, 3.05) is 19.1 Å². The number of hydrogen-bond acceptors (Lipinski definition) is 10. The summed E-state index contributed by atoms with van der Waals surface area (Å²) in [7, 11) is 3.82. The van der Waals surface area contributed by atoms with Crippen molar-refractivity contribution in [2.45, 2.75) is 76.2 Å². The second kappa shape index (κ2) is 7.86. The molecule has 9 nitrogen and oxygen atoms in total. The molecule has 7 rings (SSSR count). The number of azo groups is 1. The minimum atomic E-state index is -0.500. The second-order valence-electron chi connectivity index (χ2n) is 12.5. The predicted octanol–water partition coefficient (Wildman–Crippen LogP) is 5.45. The van der Waals surface area contributed by atoms with Gasteiger partial charge in [-0.05, 0) is 38.7 Å². The zero-order chi connectivity index (χ0) is 26.5. The molecule has 3 aliphatic heterocycles. The fourth-order valence-electron chi connectivity index (χ4n) is 7.20. The summed E-state index contributed by atoms with van der Waals surface area (Å²) < 4.78 is 6.72. The maximum atomic E-state index is 5.65. The third-order valence-corrected chi connectivity index (χ3v) is 11.0. The first kappa shape index (κ1) is 24.2. The molecule has 5 atom stereocenters. The molecule has 38 heavy (non-hydrogen) atoms. The van der Waals surface area contributed by atoms with Crippen molar-refractivity contribution >= 4 is 33.1 Å². The molecule has 2 saturated heterocycles. The number of anilines is 1. The highest BCUT2D eigenvalue weighted by Crippen LogP contribution is 2.58. The van der Waals surface area contributed by atoms with Gasteiger partial charge in [-0.25, -0.2) is 9.97 Å². The van der Waals surface area contributed by atoms with Crippen LogP contribution in [0.1, 0.15) is 58.9 Å². The minimum absolute atomic E-state index is 0.0553. The van der Waals surface area contributed by atoms with Gasteiger partial charge in [0.25, 0.3) is 0 Å². The fraction of sp³-hybridized carbons (Fsp3) is 0.571. The molecule has 1 aromatic carbocycles. The summed E-state index contributed by atoms with van der Waals surface area (Å²) in [4.78, 5) is 11.8. The van der Waals surface area contributed by atoms with Crippen LogP contribution in [0, 0.1) is 11.3 Å². The minimum Gasteiger partial charge on any atom is -0.355 e. The number of nitrogens with one attached hydrogen (secondary N) is 1. The molecule has 0 amide bonds. The Hall–Kier alpha value is -2.82. The van der Waals surface area contributed by atoms with E-state index >= 15 is 0 Å². The van der Waals surface area contributed by atoms with E-state index < -0.39 is 5.72 Å². The first-order valence-corrected chi connectivity index (χ1v) is 14.2. The van der Waals surface area contributed by atoms with Crippen molar-refractivity contribution < 1.29 is 4.74 Å². The van der Waals surface area contributed by atoms with Gasteiger partial charge < -0.3 is 15.0 Å². The van der Waals surface area contributed by atoms with Crippen molar-refractivity contribution in [3.8, 4) is 11.3 Å². The van der Waals surface area contributed by atoms with Gasteiger partial charge in [-0.3, -0.25) is 0 Å². The Morgan fingerprint density at radius 1 is 1.05 bits per heavy atom. The number of rotatable bonds is 5. The molecule has 3 fully saturated rings. The van der Waals surface area contributed by atoms with E-state index in [0.29, 0.717) is 12.0 Å². The lowest BCUT2D eigenvalue weighted by molar-refractivity contribution is 0.0518. The molecule has 3 aromatic rings. The number of benzene rings is 1. The molecular formula is C28H34N8OS. The molecule has 0 spiro atoms. The Balaban J connectivity index is 1.19. The van der Waals surface area contributed by atoms with Crippen molar-refractivity contribution in [1.29, 1.82) is 0 Å². The van der Waals surface area contributed by atoms with Crippen LogP contribution in [-0.4, -0.2) is 57.2 Å². The lowest BCUT2D eigenvalue weighted by Gasteiger charge is -2.56. The highest BCUT2D eigenvalue weighted by molar-refractivity contribution is 7.17. The average Bonchev–Trinajstić information content (AvgIpc) is 3.32. The van der Waals surface area contributed by atoms with Crippen molar-refractivity contribution in [2.24, 2.45) is 21.6 Å². The second-order valence-corrected chi connectivity index (χ2v) is 13.4. The van der Waals surface area contributed by atoms with Crippen LogP contribution >= 0.6 is 11.3 Å². The fourth-order valence-corrected chi connectivity index (χ4v) is 8.04. The van der Waals surface area contributed by atoms with E-state index in [1.54, 1.807) is 18.4 Å². The van der Waals surface area contributed by atoms with Gasteiger partial charge in [0.1, 0.15) is 5.69 Å². The first-order chi connectivity index (χ1) is 18.1. The number of piperidine rings is 1. The summed E-state index contributed by atoms with van der Waals surface area (Å²) in [5.41, 5.74) is 6.58. The smallest absolute Gasteiger partial charge is 0.245 e. The topological polar surface area (TPSA) is 101 Å². The lowest BCUT2D eigenvalue weighted by atomic mass is 9.64. The monoisotopic (exact) mass is 530 g/mol. The predicted molar refractivity (Wildman–Crippen MR) is 149 cm³/mol. The molecule has 10 heteroatoms. The summed E-state index contributed by atoms with van der Waals surface area (Å²) >= 11 is 1.61. The van der Waals surface area contributed by atoms with Gasteiger partial charge in [0.05, 0.1) is 28.1 Å². The van der Waals surface area contributed by atoms with Gasteiger partial charge in [0.2, 0.25) is 5.95 Å². The summed E-state index contributed by atoms with van der Waals surface area (Å²) in [5.74, 6) is 0.885. The lowest BCUT2D eigenvalue weighted by Crippen LogP contribution is -2.68. The van der Waals surface area contributed by atoms with Gasteiger partial charge >= 0.3 is 0 Å². The maximum absolute atomic E-state index is 5.65. The number of thiazole rings is 1. The molecule has 198 valence electrons. The van der Waals surface area contributed by atoms with Crippen molar-refractivity contribution in [3.63, 3.8) is 0 Å². The van der Waals surface area contributed by atoms with E-state index in [-0.39, 0.29) is 22.4 Å². The van der Waals surface area contributed by atoms with Gasteiger partial charge in [-0.2, -0.15) is 10.2 Å². The molecule has 2 aromatic heterocycles. The number of ether oxygens (including phenoxy) is 1. The normalized spacial score (nSPS) is 34.7. The quantitative estimate of drug-likeness (QED) is 0.468. The van der Waals surface area contributed by atoms with Crippen LogP contribution in [0.3, 0.4) is 0 Å². The SMILES string of the molecule is COC12CC1C(c1ccc(-c3cnc(N(C)[C@H]4C[C@]5(C)CC[C@@](C)(N5)C4(C)C)nn3)c3scnc13)=CN=N2. The molecule has 1 N–H and O–H groups in total. The van der Waals surface area contributed by atoms with E-state index in [4.69, 9.17) is 14.7 Å². The van der Waals surface area contributed by atoms with Gasteiger partial charge in [0, 0.05) is 60.2 Å². The van der Waals surface area contributed by atoms with Crippen LogP contribution < -0.4 is 10.2 Å². The third kappa shape index (κ3) is 3.29. The van der Waals surface area contributed by atoms with Crippen molar-refractivity contribution in [1.82, 2.24) is 25.5 Å². The van der Waals surface area contributed by atoms with Crippen LogP contribution in [0.2, 0.25) is 0 Å². The number of fused-ring (bicyclic) bond motifs is 4. The van der Waals surface area contributed by atoms with Crippen LogP contribution in [0.4, 0.5) is 5.95 Å². The summed E-state index contributed by atoms with van der Waals surface area (Å²) in [6.45, 7) is 9.47. The van der Waals surface area contributed by atoms with E-state index in [0.717, 1.165) is 45.5 Å². The number of aromatic nitrogens is 4. The summed E-state index contributed by atoms with van der Waals surface area (Å²) in [6, 6.07) is 4.52. The molecular weight excluding hydrogens is 496 g/mol. The average molecular weight is 531 g/mol. The molecule has 1 saturated carbocycles. The molecule has 2 bridgehead atoms. The Labute approximate surface area is 226 Å². The van der Waals surface area contributed by atoms with E-state index in [1.165, 1.54) is 12.8 Å². The maximum Gasteiger partial charge on any atom is 0.245 e. The van der Waals surface area contributed by atoms with Crippen molar-refractivity contribution in [3.05, 3.63) is 35.6 Å². The Morgan fingerprint density at radius 3 is 2.63 bits per heavy atom. The zero-order valence-corrected chi connectivity index (χ0v) is 23.6. The van der Waals surface area contributed by atoms with Crippen LogP contribution in [0.25, 0.3) is 27.0 Å². The third-order valence-electron chi connectivity index (χ3n) is 10.1. The van der Waals surface area contributed by atoms with Gasteiger partial charge in [-0.15, -0.1) is 21.5 Å². The molecule has 1 aliphatic carbocycles. The number of hydrogen-bond donors (Lipinski definition) is 1. The van der Waals surface area contributed by atoms with Gasteiger partial charge in [0.15, 0.2) is 5.72 Å². The highest BCUT2D eigenvalue weighted by atomic mass is 32.1. The van der Waals surface area contributed by atoms with Gasteiger partial charge in [-0.1, -0.05) is 26.0 Å². The Kier molecular flexibility index (Phi) is 5.01. The number of methoxy groups -OCH3 is 1. The summed E-state index contributed by atoms with van der Waals surface area (Å²) in [6.07, 6.45) is 7.99. The van der Waals surface area contributed by atoms with Crippen LogP contribution in [0.15, 0.2) is 40.3 Å². The first-order valence-electron chi connectivity index (χ1n) is 13.4. The molecule has 4 aliphatic rings. The van der Waals surface area contributed by atoms with E-state index in [2.05, 4.69) is 77.5 Å². The standard InChI is InChI=1S/C28H34N8OS/c1-25(2)21(12-26(3)9-10-27(25,4)34-26)36(5)24-29-14-20(32-33-24)17-8-7-16(22-23(17)38-15-30-22)18-13-31-35-28(37-6)11-19(18)28/h7-8,13-15,19,21,34H,9-12H2,1-6H3/t19?,21-,26-,27+,28?/m0/s1. The number of nitrogens with zero attached hydrogens (tertiary/aromatic N) is 7. The Bertz CT molecular complexity index is 1500. The van der Waals surface area contributed by atoms with Crippen LogP contribution in [0.5, 0.6) is 0 Å². The highest BCUT2D eigenvalue weighted by Gasteiger charge is 2.61. The Morgan fingerprint density at radius 2 is 1.87 bits per heavy atom. The largest absolute Gasteiger partial charge is 0.355 e. The van der Waals surface area contributed by atoms with E-state index in [9.17, 15) is 0 Å². The summed E-state index contributed by atoms with van der Waals surface area (Å²) in [5, 5.41) is 21.8. The van der Waals surface area contributed by atoms with E-state index in [1.807, 2.05) is 17.9 Å². The molecule has 2 unspecified atom stereocenters. The zero-order valence-electron chi connectivity index (χ0n) is 22.8.